The molecule has 136 valence electrons. The lowest BCUT2D eigenvalue weighted by Gasteiger charge is -2.07. The van der Waals surface area contributed by atoms with Gasteiger partial charge in [0.15, 0.2) is 5.16 Å². The fourth-order valence-electron chi connectivity index (χ4n) is 1.51. The first-order chi connectivity index (χ1) is 11.9. The van der Waals surface area contributed by atoms with Crippen molar-refractivity contribution in [3.8, 4) is 11.4 Å². The molecule has 0 saturated carbocycles. The predicted molar refractivity (Wildman–Crippen MR) is 89.0 cm³/mol. The van der Waals surface area contributed by atoms with Gasteiger partial charge in [-0.2, -0.15) is 13.2 Å². The van der Waals surface area contributed by atoms with E-state index in [-0.39, 0.29) is 5.75 Å². The Bertz CT molecular complexity index is 655. The lowest BCUT2D eigenvalue weighted by molar-refractivity contribution is -0.156. The van der Waals surface area contributed by atoms with Crippen LogP contribution in [-0.4, -0.2) is 39.5 Å². The van der Waals surface area contributed by atoms with Crippen LogP contribution in [0.25, 0.3) is 11.4 Å². The first-order valence-electron chi connectivity index (χ1n) is 7.54. The summed E-state index contributed by atoms with van der Waals surface area (Å²) in [7, 11) is 0. The molecule has 0 amide bonds. The Balaban J connectivity index is 0.00000151. The van der Waals surface area contributed by atoms with Crippen molar-refractivity contribution >= 4 is 17.7 Å². The number of aromatic nitrogens is 3. The molecule has 0 atom stereocenters. The first kappa shape index (κ1) is 20.9. The second kappa shape index (κ2) is 10.7. The van der Waals surface area contributed by atoms with Crippen LogP contribution >= 0.6 is 11.8 Å². The van der Waals surface area contributed by atoms with Crippen molar-refractivity contribution in [1.82, 2.24) is 15.0 Å². The van der Waals surface area contributed by atoms with E-state index in [4.69, 9.17) is 0 Å². The Morgan fingerprint density at radius 1 is 1.12 bits per heavy atom. The molecule has 0 aliphatic rings. The van der Waals surface area contributed by atoms with Gasteiger partial charge in [-0.05, 0) is 18.2 Å². The largest absolute Gasteiger partial charge is 0.465 e. The van der Waals surface area contributed by atoms with Gasteiger partial charge in [0.2, 0.25) is 0 Å². The average Bonchev–Trinajstić information content (AvgIpc) is 2.62. The third-order valence-electron chi connectivity index (χ3n) is 2.53. The van der Waals surface area contributed by atoms with Crippen LogP contribution in [0.5, 0.6) is 0 Å². The van der Waals surface area contributed by atoms with Crippen LogP contribution in [0.4, 0.5) is 13.2 Å². The molecule has 2 aromatic heterocycles. The van der Waals surface area contributed by atoms with Gasteiger partial charge < -0.3 is 4.74 Å². The van der Waals surface area contributed by atoms with Crippen molar-refractivity contribution in [2.75, 3.05) is 12.4 Å². The van der Waals surface area contributed by atoms with Crippen LogP contribution in [-0.2, 0) is 9.53 Å². The number of thioether (sulfide) groups is 1. The number of hydrogen-bond acceptors (Lipinski definition) is 6. The molecule has 0 fully saturated rings. The molecule has 0 bridgehead atoms. The van der Waals surface area contributed by atoms with E-state index in [2.05, 4.69) is 19.7 Å². The van der Waals surface area contributed by atoms with E-state index in [0.717, 1.165) is 11.8 Å². The lowest BCUT2D eigenvalue weighted by Crippen LogP contribution is -2.15. The average molecular weight is 373 g/mol. The summed E-state index contributed by atoms with van der Waals surface area (Å²) < 4.78 is 40.3. The molecule has 9 heteroatoms. The molecule has 0 saturated heterocycles. The van der Waals surface area contributed by atoms with Gasteiger partial charge in [-0.1, -0.05) is 31.7 Å². The highest BCUT2D eigenvalue weighted by molar-refractivity contribution is 7.99. The second-order valence-electron chi connectivity index (χ2n) is 4.31. The van der Waals surface area contributed by atoms with E-state index < -0.39 is 25.2 Å². The highest BCUT2D eigenvalue weighted by Gasteiger charge is 2.27. The maximum Gasteiger partial charge on any atom is 0.392 e. The zero-order chi connectivity index (χ0) is 18.7. The normalized spacial score (nSPS) is 10.6. The molecule has 0 N–H and O–H groups in total. The quantitative estimate of drug-likeness (QED) is 0.431. The number of rotatable bonds is 6. The van der Waals surface area contributed by atoms with Gasteiger partial charge in [-0.25, -0.2) is 9.97 Å². The fraction of sp³-hybridized carbons (Fsp3) is 0.375. The molecule has 0 aromatic carbocycles. The van der Waals surface area contributed by atoms with E-state index in [1.807, 2.05) is 19.9 Å². The van der Waals surface area contributed by atoms with Gasteiger partial charge in [0.25, 0.3) is 0 Å². The maximum atomic E-state index is 11.9. The third-order valence-corrected chi connectivity index (χ3v) is 3.36. The van der Waals surface area contributed by atoms with Crippen LogP contribution < -0.4 is 0 Å². The topological polar surface area (TPSA) is 65.0 Å². The molecule has 0 aliphatic heterocycles. The van der Waals surface area contributed by atoms with Crippen molar-refractivity contribution in [3.05, 3.63) is 36.7 Å². The van der Waals surface area contributed by atoms with Crippen molar-refractivity contribution < 1.29 is 22.7 Å². The minimum absolute atomic E-state index is 0.163. The van der Waals surface area contributed by atoms with Gasteiger partial charge in [-0.3, -0.25) is 9.78 Å². The minimum Gasteiger partial charge on any atom is -0.465 e. The summed E-state index contributed by atoms with van der Waals surface area (Å²) in [6.07, 6.45) is -2.35. The highest BCUT2D eigenvalue weighted by Crippen LogP contribution is 2.20. The van der Waals surface area contributed by atoms with Crippen molar-refractivity contribution in [2.24, 2.45) is 0 Å². The number of halogens is 3. The Morgan fingerprint density at radius 3 is 2.52 bits per heavy atom. The molecule has 5 nitrogen and oxygen atoms in total. The number of carbonyl (C=O) groups is 1. The van der Waals surface area contributed by atoms with E-state index in [1.54, 1.807) is 24.4 Å². The molecule has 0 radical (unpaired) electrons. The zero-order valence-corrected chi connectivity index (χ0v) is 14.6. The van der Waals surface area contributed by atoms with E-state index in [9.17, 15) is 18.0 Å². The molecule has 0 aliphatic carbocycles. The minimum atomic E-state index is -4.34. The molecule has 2 aromatic rings. The SMILES string of the molecule is CC.O=C(CSc1nccc(-c2ccccn2)n1)OCCC(F)(F)F. The van der Waals surface area contributed by atoms with Crippen LogP contribution in [0.1, 0.15) is 20.3 Å². The van der Waals surface area contributed by atoms with Crippen molar-refractivity contribution in [2.45, 2.75) is 31.6 Å². The maximum absolute atomic E-state index is 11.9. The smallest absolute Gasteiger partial charge is 0.392 e. The van der Waals surface area contributed by atoms with Crippen LogP contribution in [0.15, 0.2) is 41.8 Å². The van der Waals surface area contributed by atoms with Crippen LogP contribution in [0, 0.1) is 0 Å². The number of hydrogen-bond donors (Lipinski definition) is 0. The summed E-state index contributed by atoms with van der Waals surface area (Å²) in [4.78, 5) is 23.8. The zero-order valence-electron chi connectivity index (χ0n) is 13.8. The highest BCUT2D eigenvalue weighted by atomic mass is 32.2. The number of nitrogens with zero attached hydrogens (tertiary/aromatic N) is 3. The summed E-state index contributed by atoms with van der Waals surface area (Å²) in [5.74, 6) is -0.908. The first-order valence-corrected chi connectivity index (χ1v) is 8.52. The monoisotopic (exact) mass is 373 g/mol. The number of alkyl halides is 3. The van der Waals surface area contributed by atoms with Crippen molar-refractivity contribution in [1.29, 1.82) is 0 Å². The fourth-order valence-corrected chi connectivity index (χ4v) is 2.14. The van der Waals surface area contributed by atoms with E-state index in [1.165, 1.54) is 6.20 Å². The van der Waals surface area contributed by atoms with Crippen LogP contribution in [0.3, 0.4) is 0 Å². The summed E-state index contributed by atoms with van der Waals surface area (Å²) in [5.41, 5.74) is 1.25. The van der Waals surface area contributed by atoms with E-state index >= 15 is 0 Å². The van der Waals surface area contributed by atoms with E-state index in [0.29, 0.717) is 16.5 Å². The summed E-state index contributed by atoms with van der Waals surface area (Å²) in [6, 6.07) is 7.04. The lowest BCUT2D eigenvalue weighted by atomic mass is 10.3. The van der Waals surface area contributed by atoms with Gasteiger partial charge in [0, 0.05) is 12.4 Å². The number of pyridine rings is 1. The molecule has 0 spiro atoms. The Hall–Kier alpha value is -2.16. The predicted octanol–water partition coefficient (Wildman–Crippen LogP) is 4.15. The Kier molecular flexibility index (Phi) is 8.90. The Labute approximate surface area is 148 Å². The molecular weight excluding hydrogens is 355 g/mol. The van der Waals surface area contributed by atoms with Crippen molar-refractivity contribution in [3.63, 3.8) is 0 Å². The van der Waals surface area contributed by atoms with Gasteiger partial charge in [-0.15, -0.1) is 0 Å². The molecule has 2 heterocycles. The van der Waals surface area contributed by atoms with Gasteiger partial charge in [0.05, 0.1) is 30.2 Å². The number of ether oxygens (including phenoxy) is 1. The summed E-state index contributed by atoms with van der Waals surface area (Å²) in [5, 5.41) is 0.320. The molecular formula is C16H18F3N3O2S. The molecule has 0 unspecified atom stereocenters. The number of carbonyl (C=O) groups excluding carboxylic acids is 1. The summed E-state index contributed by atoms with van der Waals surface area (Å²) in [6.45, 7) is 3.32. The molecule has 2 rings (SSSR count). The van der Waals surface area contributed by atoms with Gasteiger partial charge >= 0.3 is 12.1 Å². The number of esters is 1. The van der Waals surface area contributed by atoms with Crippen LogP contribution in [0.2, 0.25) is 0 Å². The Morgan fingerprint density at radius 2 is 1.88 bits per heavy atom. The standard InChI is InChI=1S/C14H12F3N3O2S.C2H6/c15-14(16,17)5-8-22-12(21)9-23-13-19-7-4-11(20-13)10-3-1-2-6-18-10;1-2/h1-4,6-7H,5,8-9H2;1-2H3. The third kappa shape index (κ3) is 8.48. The molecule has 25 heavy (non-hydrogen) atoms. The summed E-state index contributed by atoms with van der Waals surface area (Å²) >= 11 is 0.990. The second-order valence-corrected chi connectivity index (χ2v) is 5.26. The van der Waals surface area contributed by atoms with Gasteiger partial charge in [0.1, 0.15) is 0 Å².